The number of carbonyl (C=O) groups is 1. The molecule has 0 radical (unpaired) electrons. The van der Waals surface area contributed by atoms with E-state index in [1.54, 1.807) is 0 Å². The molecule has 5 rings (SSSR count). The Kier molecular flexibility index (Phi) is 1.65. The molecule has 4 heteroatoms. The van der Waals surface area contributed by atoms with Gasteiger partial charge >= 0.3 is 0 Å². The molecule has 0 aromatic rings. The lowest BCUT2D eigenvalue weighted by Crippen LogP contribution is -2.72. The highest BCUT2D eigenvalue weighted by molar-refractivity contribution is 5.88. The Labute approximate surface area is 94.8 Å². The lowest BCUT2D eigenvalue weighted by molar-refractivity contribution is -0.488. The van der Waals surface area contributed by atoms with Gasteiger partial charge in [-0.05, 0) is 25.7 Å². The third-order valence-corrected chi connectivity index (χ3v) is 4.97. The third kappa shape index (κ3) is 0.878. The molecule has 0 N–H and O–H groups in total. The van der Waals surface area contributed by atoms with Crippen LogP contribution in [0.1, 0.15) is 44.9 Å². The number of piperidine rings is 1. The van der Waals surface area contributed by atoms with Gasteiger partial charge in [-0.15, -0.1) is 0 Å². The van der Waals surface area contributed by atoms with Crippen LogP contribution in [0.5, 0.6) is 0 Å². The van der Waals surface area contributed by atoms with Crippen LogP contribution in [0.4, 0.5) is 0 Å². The van der Waals surface area contributed by atoms with Crippen molar-refractivity contribution in [2.24, 2.45) is 5.92 Å². The monoisotopic (exact) mass is 223 g/mol. The first kappa shape index (κ1) is 9.42. The van der Waals surface area contributed by atoms with Crippen molar-refractivity contribution in [1.82, 2.24) is 4.90 Å². The minimum absolute atomic E-state index is 0.215. The Morgan fingerprint density at radius 2 is 2.12 bits per heavy atom. The first-order valence-electron chi connectivity index (χ1n) is 6.46. The summed E-state index contributed by atoms with van der Waals surface area (Å²) in [5.41, 5.74) is -0.995. The molecule has 4 saturated heterocycles. The summed E-state index contributed by atoms with van der Waals surface area (Å²) < 4.78 is 0. The van der Waals surface area contributed by atoms with Crippen LogP contribution in [-0.2, 0) is 14.6 Å². The fourth-order valence-corrected chi connectivity index (χ4v) is 4.15. The molecular formula is C12H17NO3. The fourth-order valence-electron chi connectivity index (χ4n) is 4.15. The van der Waals surface area contributed by atoms with Gasteiger partial charge in [0.25, 0.3) is 5.91 Å². The largest absolute Gasteiger partial charge is 0.309 e. The van der Waals surface area contributed by atoms with Crippen molar-refractivity contribution in [3.63, 3.8) is 0 Å². The van der Waals surface area contributed by atoms with Gasteiger partial charge in [-0.3, -0.25) is 4.79 Å². The molecule has 0 aromatic heterocycles. The number of hydrogen-bond acceptors (Lipinski definition) is 3. The lowest BCUT2D eigenvalue weighted by Gasteiger charge is -2.58. The Bertz CT molecular complexity index is 358. The molecule has 88 valence electrons. The van der Waals surface area contributed by atoms with Crippen molar-refractivity contribution in [3.05, 3.63) is 0 Å². The maximum atomic E-state index is 12.5. The zero-order valence-electron chi connectivity index (χ0n) is 9.41. The number of fused-ring (bicyclic) bond motifs is 1. The molecule has 2 bridgehead atoms. The first-order chi connectivity index (χ1) is 7.77. The smallest absolute Gasteiger partial charge is 0.260 e. The molecule has 3 atom stereocenters. The summed E-state index contributed by atoms with van der Waals surface area (Å²) in [7, 11) is 0. The first-order valence-corrected chi connectivity index (χ1v) is 6.46. The van der Waals surface area contributed by atoms with Gasteiger partial charge < -0.3 is 4.90 Å². The van der Waals surface area contributed by atoms with Gasteiger partial charge in [0.1, 0.15) is 0 Å². The Morgan fingerprint density at radius 3 is 3.06 bits per heavy atom. The highest BCUT2D eigenvalue weighted by Crippen LogP contribution is 2.56. The summed E-state index contributed by atoms with van der Waals surface area (Å²) in [5, 5.41) is 0. The van der Waals surface area contributed by atoms with E-state index in [4.69, 9.17) is 9.78 Å². The summed E-state index contributed by atoms with van der Waals surface area (Å²) in [4.78, 5) is 25.7. The van der Waals surface area contributed by atoms with Crippen molar-refractivity contribution >= 4 is 5.91 Å². The Hall–Kier alpha value is -0.610. The number of amides is 1. The predicted octanol–water partition coefficient (Wildman–Crippen LogP) is 1.60. The van der Waals surface area contributed by atoms with Crippen LogP contribution in [0.25, 0.3) is 0 Å². The average molecular weight is 223 g/mol. The highest BCUT2D eigenvalue weighted by Gasteiger charge is 2.68. The lowest BCUT2D eigenvalue weighted by atomic mass is 9.67. The van der Waals surface area contributed by atoms with E-state index in [2.05, 4.69) is 0 Å². The van der Waals surface area contributed by atoms with Crippen molar-refractivity contribution in [2.45, 2.75) is 56.3 Å². The molecule has 0 aromatic carbocycles. The Morgan fingerprint density at radius 1 is 1.19 bits per heavy atom. The zero-order chi connectivity index (χ0) is 10.8. The van der Waals surface area contributed by atoms with Crippen LogP contribution in [0.3, 0.4) is 0 Å². The van der Waals surface area contributed by atoms with E-state index in [1.165, 1.54) is 6.42 Å². The topological polar surface area (TPSA) is 38.8 Å². The van der Waals surface area contributed by atoms with Crippen LogP contribution in [-0.4, -0.2) is 28.7 Å². The van der Waals surface area contributed by atoms with E-state index in [0.29, 0.717) is 5.92 Å². The maximum Gasteiger partial charge on any atom is 0.260 e. The second-order valence-electron chi connectivity index (χ2n) is 5.71. The molecule has 0 unspecified atom stereocenters. The molecule has 1 amide bonds. The molecule has 4 nitrogen and oxygen atoms in total. The van der Waals surface area contributed by atoms with Crippen LogP contribution < -0.4 is 0 Å². The Balaban J connectivity index is 1.81. The van der Waals surface area contributed by atoms with Gasteiger partial charge in [-0.1, -0.05) is 6.42 Å². The minimum atomic E-state index is -0.607. The highest BCUT2D eigenvalue weighted by atomic mass is 17.2. The fraction of sp³-hybridized carbons (Fsp3) is 0.917. The summed E-state index contributed by atoms with van der Waals surface area (Å²) in [5.74, 6) is 0.615. The second kappa shape index (κ2) is 2.79. The number of nitrogens with zero attached hydrogens (tertiary/aromatic N) is 1. The zero-order valence-corrected chi connectivity index (χ0v) is 9.41. The number of hydrogen-bond donors (Lipinski definition) is 0. The SMILES string of the molecule is O=C1N2CCC[C@]23C[C@H]2CCCC[C@]12OO3. The van der Waals surface area contributed by atoms with Gasteiger partial charge in [0.2, 0.25) is 0 Å². The summed E-state index contributed by atoms with van der Waals surface area (Å²) in [6.45, 7) is 0.858. The molecule has 4 aliphatic heterocycles. The van der Waals surface area contributed by atoms with Gasteiger partial charge in [-0.25, -0.2) is 9.78 Å². The third-order valence-electron chi connectivity index (χ3n) is 4.97. The molecule has 5 fully saturated rings. The van der Waals surface area contributed by atoms with Crippen molar-refractivity contribution in [1.29, 1.82) is 0 Å². The summed E-state index contributed by atoms with van der Waals surface area (Å²) in [6.07, 6.45) is 7.31. The minimum Gasteiger partial charge on any atom is -0.309 e. The van der Waals surface area contributed by atoms with Gasteiger partial charge in [0.15, 0.2) is 11.3 Å². The van der Waals surface area contributed by atoms with E-state index in [1.807, 2.05) is 4.90 Å². The molecule has 1 aliphatic carbocycles. The van der Waals surface area contributed by atoms with Crippen molar-refractivity contribution in [3.8, 4) is 0 Å². The van der Waals surface area contributed by atoms with Gasteiger partial charge in [0, 0.05) is 25.3 Å². The van der Waals surface area contributed by atoms with Gasteiger partial charge in [-0.2, -0.15) is 0 Å². The quantitative estimate of drug-likeness (QED) is 0.585. The van der Waals surface area contributed by atoms with E-state index in [9.17, 15) is 4.79 Å². The van der Waals surface area contributed by atoms with Crippen LogP contribution in [0, 0.1) is 5.92 Å². The van der Waals surface area contributed by atoms with Gasteiger partial charge in [0.05, 0.1) is 0 Å². The van der Waals surface area contributed by atoms with E-state index in [-0.39, 0.29) is 11.6 Å². The maximum absolute atomic E-state index is 12.5. The normalized spacial score (nSPS) is 50.4. The number of rotatable bonds is 0. The molecule has 5 aliphatic rings. The van der Waals surface area contributed by atoms with Crippen LogP contribution >= 0.6 is 0 Å². The van der Waals surface area contributed by atoms with E-state index < -0.39 is 5.60 Å². The molecule has 16 heavy (non-hydrogen) atoms. The predicted molar refractivity (Wildman–Crippen MR) is 55.2 cm³/mol. The summed E-state index contributed by atoms with van der Waals surface area (Å²) >= 11 is 0. The molecular weight excluding hydrogens is 206 g/mol. The standard InChI is InChI=1S/C12H17NO3/c14-10-12-6-2-1-4-9(12)8-11(15-16-12)5-3-7-13(10)11/h9H,1-8H2/t9-,11+,12-/m1/s1. The molecule has 1 saturated carbocycles. The second-order valence-corrected chi connectivity index (χ2v) is 5.71. The van der Waals surface area contributed by atoms with Crippen LogP contribution in [0.15, 0.2) is 0 Å². The average Bonchev–Trinajstić information content (AvgIpc) is 2.73. The van der Waals surface area contributed by atoms with Crippen molar-refractivity contribution in [2.75, 3.05) is 6.54 Å². The van der Waals surface area contributed by atoms with E-state index >= 15 is 0 Å². The molecule has 4 heterocycles. The van der Waals surface area contributed by atoms with Crippen LogP contribution in [0.2, 0.25) is 0 Å². The number of carbonyl (C=O) groups excluding carboxylic acids is 1. The van der Waals surface area contributed by atoms with Crippen molar-refractivity contribution < 1.29 is 14.6 Å². The molecule has 2 spiro atoms. The van der Waals surface area contributed by atoms with E-state index in [0.717, 1.165) is 45.1 Å². The summed E-state index contributed by atoms with van der Waals surface area (Å²) in [6, 6.07) is 0.